The van der Waals surface area contributed by atoms with Crippen LogP contribution in [0, 0.1) is 17.8 Å². The summed E-state index contributed by atoms with van der Waals surface area (Å²) in [7, 11) is 1.33. The van der Waals surface area contributed by atoms with Crippen LogP contribution in [0.1, 0.15) is 26.2 Å². The highest BCUT2D eigenvalue weighted by molar-refractivity contribution is 5.80. The average Bonchev–Trinajstić information content (AvgIpc) is 3.16. The molecule has 0 aromatic carbocycles. The monoisotopic (exact) mass is 254 g/mol. The van der Waals surface area contributed by atoms with Gasteiger partial charge in [0.15, 0.2) is 0 Å². The highest BCUT2D eigenvalue weighted by Crippen LogP contribution is 2.45. The lowest BCUT2D eigenvalue weighted by Gasteiger charge is -2.30. The minimum absolute atomic E-state index is 0.126. The Morgan fingerprint density at radius 2 is 2.22 bits per heavy atom. The van der Waals surface area contributed by atoms with E-state index < -0.39 is 6.09 Å². The molecule has 0 spiro atoms. The second kappa shape index (κ2) is 5.59. The molecule has 0 bridgehead atoms. The van der Waals surface area contributed by atoms with Crippen LogP contribution in [0.3, 0.4) is 0 Å². The minimum atomic E-state index is -0.470. The van der Waals surface area contributed by atoms with Crippen LogP contribution >= 0.6 is 0 Å². The third-order valence-electron chi connectivity index (χ3n) is 4.13. The van der Waals surface area contributed by atoms with Crippen molar-refractivity contribution in [2.45, 2.75) is 26.2 Å². The number of ether oxygens (including phenoxy) is 1. The molecule has 1 aliphatic heterocycles. The Bertz CT molecular complexity index is 332. The molecule has 2 rings (SSSR count). The lowest BCUT2D eigenvalue weighted by molar-refractivity contribution is -0.136. The maximum absolute atomic E-state index is 12.3. The predicted octanol–water partition coefficient (Wildman–Crippen LogP) is 1.24. The molecule has 2 amide bonds. The van der Waals surface area contributed by atoms with E-state index in [9.17, 15) is 9.59 Å². The normalized spacial score (nSPS) is 27.1. The zero-order valence-corrected chi connectivity index (χ0v) is 11.1. The predicted molar refractivity (Wildman–Crippen MR) is 67.0 cm³/mol. The largest absolute Gasteiger partial charge is 0.453 e. The summed E-state index contributed by atoms with van der Waals surface area (Å²) < 4.78 is 4.52. The first-order chi connectivity index (χ1) is 8.65. The number of piperidine rings is 1. The molecule has 0 radical (unpaired) electrons. The number of likely N-dealkylation sites (tertiary alicyclic amines) is 1. The van der Waals surface area contributed by atoms with Crippen LogP contribution in [0.5, 0.6) is 0 Å². The van der Waals surface area contributed by atoms with Gasteiger partial charge in [0.05, 0.1) is 13.0 Å². The third-order valence-corrected chi connectivity index (χ3v) is 4.13. The van der Waals surface area contributed by atoms with E-state index in [1.165, 1.54) is 13.5 Å². The number of nitrogens with zero attached hydrogens (tertiary/aromatic N) is 1. The van der Waals surface area contributed by atoms with Crippen molar-refractivity contribution < 1.29 is 14.3 Å². The smallest absolute Gasteiger partial charge is 0.406 e. The number of hydrogen-bond donors (Lipinski definition) is 1. The Morgan fingerprint density at radius 3 is 2.83 bits per heavy atom. The van der Waals surface area contributed by atoms with Gasteiger partial charge in [-0.15, -0.1) is 0 Å². The molecule has 102 valence electrons. The second-order valence-electron chi connectivity index (χ2n) is 5.31. The molecule has 18 heavy (non-hydrogen) atoms. The van der Waals surface area contributed by atoms with Crippen LogP contribution in [0.4, 0.5) is 4.79 Å². The molecule has 5 nitrogen and oxygen atoms in total. The molecule has 3 unspecified atom stereocenters. The number of carbonyl (C=O) groups is 2. The maximum atomic E-state index is 12.3. The van der Waals surface area contributed by atoms with Gasteiger partial charge in [-0.25, -0.2) is 4.79 Å². The molecule has 2 aliphatic rings. The molecule has 5 heteroatoms. The Kier molecular flexibility index (Phi) is 4.09. The zero-order valence-electron chi connectivity index (χ0n) is 11.1. The molecular weight excluding hydrogens is 232 g/mol. The van der Waals surface area contributed by atoms with Gasteiger partial charge in [-0.1, -0.05) is 6.92 Å². The molecule has 1 aliphatic carbocycles. The molecule has 0 aromatic heterocycles. The number of alkyl carbamates (subject to hydrolysis) is 1. The number of amides is 2. The van der Waals surface area contributed by atoms with E-state index in [0.29, 0.717) is 6.54 Å². The summed E-state index contributed by atoms with van der Waals surface area (Å²) >= 11 is 0. The van der Waals surface area contributed by atoms with Gasteiger partial charge in [-0.3, -0.25) is 4.79 Å². The molecule has 1 saturated heterocycles. The highest BCUT2D eigenvalue weighted by atomic mass is 16.5. The number of fused-ring (bicyclic) bond motifs is 1. The van der Waals surface area contributed by atoms with E-state index >= 15 is 0 Å². The van der Waals surface area contributed by atoms with Gasteiger partial charge >= 0.3 is 6.09 Å². The van der Waals surface area contributed by atoms with Crippen molar-refractivity contribution in [1.82, 2.24) is 10.2 Å². The first-order valence-electron chi connectivity index (χ1n) is 6.76. The van der Waals surface area contributed by atoms with Gasteiger partial charge in [-0.2, -0.15) is 0 Å². The Hall–Kier alpha value is -1.26. The lowest BCUT2D eigenvalue weighted by Crippen LogP contribution is -2.44. The minimum Gasteiger partial charge on any atom is -0.453 e. The van der Waals surface area contributed by atoms with Crippen molar-refractivity contribution in [3.63, 3.8) is 0 Å². The lowest BCUT2D eigenvalue weighted by atomic mass is 10.0. The number of nitrogens with one attached hydrogen (secondary N) is 1. The van der Waals surface area contributed by atoms with Gasteiger partial charge in [0, 0.05) is 19.6 Å². The summed E-state index contributed by atoms with van der Waals surface area (Å²) in [6.07, 6.45) is 2.72. The highest BCUT2D eigenvalue weighted by Gasteiger charge is 2.43. The van der Waals surface area contributed by atoms with Crippen LogP contribution in [0.2, 0.25) is 0 Å². The van der Waals surface area contributed by atoms with E-state index in [1.54, 1.807) is 0 Å². The van der Waals surface area contributed by atoms with Crippen molar-refractivity contribution in [2.24, 2.45) is 17.8 Å². The number of hydrogen-bond acceptors (Lipinski definition) is 3. The molecule has 2 fully saturated rings. The topological polar surface area (TPSA) is 58.6 Å². The van der Waals surface area contributed by atoms with Gasteiger partial charge in [0.25, 0.3) is 0 Å². The molecular formula is C13H22N2O3. The fourth-order valence-electron chi connectivity index (χ4n) is 2.73. The van der Waals surface area contributed by atoms with Crippen molar-refractivity contribution in [3.05, 3.63) is 0 Å². The quantitative estimate of drug-likeness (QED) is 0.821. The third kappa shape index (κ3) is 2.94. The van der Waals surface area contributed by atoms with Crippen molar-refractivity contribution in [3.8, 4) is 0 Å². The Morgan fingerprint density at radius 1 is 1.44 bits per heavy atom. The average molecular weight is 254 g/mol. The maximum Gasteiger partial charge on any atom is 0.406 e. The fourth-order valence-corrected chi connectivity index (χ4v) is 2.73. The van der Waals surface area contributed by atoms with Crippen LogP contribution in [0.15, 0.2) is 0 Å². The van der Waals surface area contributed by atoms with Gasteiger partial charge in [-0.05, 0) is 31.1 Å². The van der Waals surface area contributed by atoms with E-state index in [0.717, 1.165) is 37.8 Å². The number of rotatable bonds is 4. The van der Waals surface area contributed by atoms with E-state index in [2.05, 4.69) is 10.1 Å². The molecule has 1 N–H and O–H groups in total. The van der Waals surface area contributed by atoms with Crippen LogP contribution in [-0.4, -0.2) is 43.6 Å². The standard InChI is InChI=1S/C13H22N2O3/c1-3-9(7-14-13(17)18-2)12(16)15-5-4-10-6-11(10)8-15/h9-11H,3-8H2,1-2H3,(H,14,17). The molecule has 3 atom stereocenters. The first kappa shape index (κ1) is 13.2. The first-order valence-corrected chi connectivity index (χ1v) is 6.76. The fraction of sp³-hybridized carbons (Fsp3) is 0.846. The van der Waals surface area contributed by atoms with E-state index in [4.69, 9.17) is 0 Å². The Labute approximate surface area is 108 Å². The van der Waals surface area contributed by atoms with Crippen molar-refractivity contribution in [1.29, 1.82) is 0 Å². The SMILES string of the molecule is CCC(CNC(=O)OC)C(=O)N1CCC2CC2C1. The van der Waals surface area contributed by atoms with Gasteiger partial charge in [0.2, 0.25) is 5.91 Å². The van der Waals surface area contributed by atoms with Gasteiger partial charge in [0.1, 0.15) is 0 Å². The summed E-state index contributed by atoms with van der Waals surface area (Å²) in [4.78, 5) is 25.3. The molecule has 0 aromatic rings. The summed E-state index contributed by atoms with van der Waals surface area (Å²) in [6.45, 7) is 4.14. The Balaban J connectivity index is 1.82. The van der Waals surface area contributed by atoms with E-state index in [-0.39, 0.29) is 11.8 Å². The summed E-state index contributed by atoms with van der Waals surface area (Å²) in [6, 6.07) is 0. The van der Waals surface area contributed by atoms with Crippen molar-refractivity contribution in [2.75, 3.05) is 26.7 Å². The summed E-state index contributed by atoms with van der Waals surface area (Å²) in [5.41, 5.74) is 0. The van der Waals surface area contributed by atoms with Crippen LogP contribution in [-0.2, 0) is 9.53 Å². The van der Waals surface area contributed by atoms with Crippen LogP contribution < -0.4 is 5.32 Å². The zero-order chi connectivity index (χ0) is 13.1. The summed E-state index contributed by atoms with van der Waals surface area (Å²) in [5.74, 6) is 1.68. The van der Waals surface area contributed by atoms with Crippen molar-refractivity contribution >= 4 is 12.0 Å². The second-order valence-corrected chi connectivity index (χ2v) is 5.31. The molecule has 1 heterocycles. The van der Waals surface area contributed by atoms with Gasteiger partial charge < -0.3 is 15.0 Å². The van der Waals surface area contributed by atoms with E-state index in [1.807, 2.05) is 11.8 Å². The number of carbonyl (C=O) groups excluding carboxylic acids is 2. The van der Waals surface area contributed by atoms with Crippen LogP contribution in [0.25, 0.3) is 0 Å². The summed E-state index contributed by atoms with van der Waals surface area (Å²) in [5, 5.41) is 2.62. The number of methoxy groups -OCH3 is 1. The molecule has 1 saturated carbocycles.